The summed E-state index contributed by atoms with van der Waals surface area (Å²) in [6.07, 6.45) is 3.84. The maximum Gasteiger partial charge on any atom is 0.271 e. The molecule has 2 aliphatic rings. The molecule has 1 N–H and O–H groups in total. The summed E-state index contributed by atoms with van der Waals surface area (Å²) in [5.41, 5.74) is 1.59. The van der Waals surface area contributed by atoms with Crippen LogP contribution < -0.4 is 5.32 Å². The van der Waals surface area contributed by atoms with Crippen molar-refractivity contribution in [3.63, 3.8) is 0 Å². The molecule has 1 aromatic rings. The number of fused-ring (bicyclic) bond motifs is 2. The summed E-state index contributed by atoms with van der Waals surface area (Å²) in [6.45, 7) is 7.02. The molecule has 2 aliphatic carbocycles. The van der Waals surface area contributed by atoms with Gasteiger partial charge in [0.15, 0.2) is 0 Å². The number of hydrogen-bond donors (Lipinski definition) is 1. The van der Waals surface area contributed by atoms with E-state index < -0.39 is 0 Å². The lowest BCUT2D eigenvalue weighted by Gasteiger charge is -2.43. The first kappa shape index (κ1) is 13.4. The van der Waals surface area contributed by atoms with Gasteiger partial charge in [-0.3, -0.25) is 10.1 Å². The smallest absolute Gasteiger partial charge is 0.271 e. The molecule has 2 bridgehead atoms. The van der Waals surface area contributed by atoms with E-state index in [0.717, 1.165) is 11.6 Å². The fraction of sp³-hybridized carbons (Fsp3) is 0.625. The van der Waals surface area contributed by atoms with Crippen molar-refractivity contribution >= 4 is 11.4 Å². The third kappa shape index (κ3) is 1.89. The second-order valence-electron chi connectivity index (χ2n) is 7.30. The van der Waals surface area contributed by atoms with E-state index in [4.69, 9.17) is 0 Å². The zero-order chi connectivity index (χ0) is 14.5. The van der Waals surface area contributed by atoms with Crippen LogP contribution in [0.3, 0.4) is 0 Å². The molecule has 4 nitrogen and oxygen atoms in total. The standard InChI is InChI=1S/C16H22N2O2/c1-15(2)11-7-8-16(3,10-11)14(15)17-12-5-4-6-13(9-12)18(19)20/h4-6,9,11,14,17H,7-8,10H2,1-3H3. The number of nitro groups is 1. The maximum atomic E-state index is 10.9. The van der Waals surface area contributed by atoms with Gasteiger partial charge in [0.25, 0.3) is 5.69 Å². The summed E-state index contributed by atoms with van der Waals surface area (Å²) in [7, 11) is 0. The fourth-order valence-electron chi connectivity index (χ4n) is 4.54. The van der Waals surface area contributed by atoms with Crippen LogP contribution >= 0.6 is 0 Å². The van der Waals surface area contributed by atoms with E-state index in [9.17, 15) is 10.1 Å². The normalized spacial score (nSPS) is 34.1. The van der Waals surface area contributed by atoms with Gasteiger partial charge in [0.05, 0.1) is 4.92 Å². The molecule has 0 spiro atoms. The summed E-state index contributed by atoms with van der Waals surface area (Å²) in [4.78, 5) is 10.6. The van der Waals surface area contributed by atoms with Gasteiger partial charge >= 0.3 is 0 Å². The van der Waals surface area contributed by atoms with Crippen LogP contribution in [0.1, 0.15) is 40.0 Å². The summed E-state index contributed by atoms with van der Waals surface area (Å²) in [6, 6.07) is 7.25. The van der Waals surface area contributed by atoms with E-state index in [0.29, 0.717) is 11.5 Å². The molecule has 3 rings (SSSR count). The Morgan fingerprint density at radius 3 is 2.70 bits per heavy atom. The van der Waals surface area contributed by atoms with Crippen molar-refractivity contribution in [3.05, 3.63) is 34.4 Å². The number of nitrogens with one attached hydrogen (secondary N) is 1. The van der Waals surface area contributed by atoms with Gasteiger partial charge in [-0.05, 0) is 42.1 Å². The molecule has 3 unspecified atom stereocenters. The first-order valence-corrected chi connectivity index (χ1v) is 7.34. The van der Waals surface area contributed by atoms with Gasteiger partial charge in [0, 0.05) is 23.9 Å². The SMILES string of the molecule is CC12CCC(C1)C(C)(C)C2Nc1cccc([N+](=O)[O-])c1. The predicted octanol–water partition coefficient (Wildman–Crippen LogP) is 4.22. The van der Waals surface area contributed by atoms with Crippen LogP contribution in [0.4, 0.5) is 11.4 Å². The second-order valence-corrected chi connectivity index (χ2v) is 7.30. The monoisotopic (exact) mass is 274 g/mol. The van der Waals surface area contributed by atoms with E-state index in [1.165, 1.54) is 19.3 Å². The molecule has 4 heteroatoms. The molecule has 2 fully saturated rings. The van der Waals surface area contributed by atoms with E-state index in [1.807, 2.05) is 6.07 Å². The third-order valence-electron chi connectivity index (χ3n) is 5.64. The van der Waals surface area contributed by atoms with Crippen molar-refractivity contribution in [2.45, 2.75) is 46.1 Å². The summed E-state index contributed by atoms with van der Waals surface area (Å²) in [5, 5.41) is 14.5. The second kappa shape index (κ2) is 4.21. The van der Waals surface area contributed by atoms with Crippen LogP contribution in [0.2, 0.25) is 0 Å². The zero-order valence-electron chi connectivity index (χ0n) is 12.3. The number of anilines is 1. The van der Waals surface area contributed by atoms with Crippen LogP contribution in [0, 0.1) is 26.9 Å². The minimum Gasteiger partial charge on any atom is -0.381 e. The van der Waals surface area contributed by atoms with Gasteiger partial charge in [-0.2, -0.15) is 0 Å². The average Bonchev–Trinajstić information content (AvgIpc) is 2.86. The Labute approximate surface area is 119 Å². The molecule has 0 aromatic heterocycles. The molecule has 0 heterocycles. The Morgan fingerprint density at radius 2 is 2.10 bits per heavy atom. The predicted molar refractivity (Wildman–Crippen MR) is 79.7 cm³/mol. The van der Waals surface area contributed by atoms with Gasteiger partial charge in [0.1, 0.15) is 0 Å². The third-order valence-corrected chi connectivity index (χ3v) is 5.64. The molecule has 0 saturated heterocycles. The van der Waals surface area contributed by atoms with Crippen molar-refractivity contribution in [1.82, 2.24) is 0 Å². The van der Waals surface area contributed by atoms with Crippen LogP contribution in [0.25, 0.3) is 0 Å². The minimum absolute atomic E-state index is 0.154. The van der Waals surface area contributed by atoms with Gasteiger partial charge < -0.3 is 5.32 Å². The van der Waals surface area contributed by atoms with Crippen molar-refractivity contribution in [3.8, 4) is 0 Å². The highest BCUT2D eigenvalue weighted by Gasteiger charge is 2.59. The largest absolute Gasteiger partial charge is 0.381 e. The topological polar surface area (TPSA) is 55.2 Å². The van der Waals surface area contributed by atoms with Crippen LogP contribution in [-0.2, 0) is 0 Å². The fourth-order valence-corrected chi connectivity index (χ4v) is 4.54. The molecular formula is C16H22N2O2. The first-order chi connectivity index (χ1) is 9.33. The molecule has 20 heavy (non-hydrogen) atoms. The number of hydrogen-bond acceptors (Lipinski definition) is 3. The lowest BCUT2D eigenvalue weighted by Crippen LogP contribution is -2.45. The molecule has 0 aliphatic heterocycles. The molecular weight excluding hydrogens is 252 g/mol. The van der Waals surface area contributed by atoms with Crippen molar-refractivity contribution in [2.24, 2.45) is 16.7 Å². The molecule has 1 aromatic carbocycles. The van der Waals surface area contributed by atoms with Crippen LogP contribution in [0.15, 0.2) is 24.3 Å². The molecule has 3 atom stereocenters. The molecule has 0 amide bonds. The number of non-ortho nitro benzene ring substituents is 1. The van der Waals surface area contributed by atoms with Crippen LogP contribution in [0.5, 0.6) is 0 Å². The molecule has 108 valence electrons. The Balaban J connectivity index is 1.87. The van der Waals surface area contributed by atoms with Crippen molar-refractivity contribution < 1.29 is 4.92 Å². The van der Waals surface area contributed by atoms with E-state index in [1.54, 1.807) is 18.2 Å². The zero-order valence-corrected chi connectivity index (χ0v) is 12.3. The summed E-state index contributed by atoms with van der Waals surface area (Å²) < 4.78 is 0. The lowest BCUT2D eigenvalue weighted by molar-refractivity contribution is -0.384. The van der Waals surface area contributed by atoms with E-state index in [2.05, 4.69) is 26.1 Å². The van der Waals surface area contributed by atoms with Gasteiger partial charge in [0.2, 0.25) is 0 Å². The minimum atomic E-state index is -0.334. The molecule has 2 saturated carbocycles. The van der Waals surface area contributed by atoms with Gasteiger partial charge in [-0.25, -0.2) is 0 Å². The Bertz CT molecular complexity index is 550. The Kier molecular flexibility index (Phi) is 2.82. The first-order valence-electron chi connectivity index (χ1n) is 7.34. The van der Waals surface area contributed by atoms with Crippen molar-refractivity contribution in [2.75, 3.05) is 5.32 Å². The highest BCUT2D eigenvalue weighted by Crippen LogP contribution is 2.63. The Hall–Kier alpha value is -1.58. The summed E-state index contributed by atoms with van der Waals surface area (Å²) >= 11 is 0. The lowest BCUT2D eigenvalue weighted by atomic mass is 9.68. The highest BCUT2D eigenvalue weighted by atomic mass is 16.6. The van der Waals surface area contributed by atoms with Gasteiger partial charge in [-0.1, -0.05) is 26.8 Å². The maximum absolute atomic E-state index is 10.9. The average molecular weight is 274 g/mol. The highest BCUT2D eigenvalue weighted by molar-refractivity contribution is 5.52. The number of nitro benzene ring substituents is 1. The number of rotatable bonds is 3. The number of benzene rings is 1. The molecule has 0 radical (unpaired) electrons. The number of nitrogens with zero attached hydrogens (tertiary/aromatic N) is 1. The van der Waals surface area contributed by atoms with E-state index >= 15 is 0 Å². The van der Waals surface area contributed by atoms with Crippen molar-refractivity contribution in [1.29, 1.82) is 0 Å². The summed E-state index contributed by atoms with van der Waals surface area (Å²) in [5.74, 6) is 0.767. The van der Waals surface area contributed by atoms with Gasteiger partial charge in [-0.15, -0.1) is 0 Å². The van der Waals surface area contributed by atoms with E-state index in [-0.39, 0.29) is 16.0 Å². The Morgan fingerprint density at radius 1 is 1.35 bits per heavy atom. The quantitative estimate of drug-likeness (QED) is 0.663. The van der Waals surface area contributed by atoms with Crippen LogP contribution in [-0.4, -0.2) is 11.0 Å².